The maximum absolute atomic E-state index is 4.30. The molecule has 0 nitrogen and oxygen atoms in total. The lowest BCUT2D eigenvalue weighted by Crippen LogP contribution is -2.14. The first-order valence-electron chi connectivity index (χ1n) is 13.6. The Morgan fingerprint density at radius 1 is 0.513 bits per heavy atom. The Hall–Kier alpha value is -4.68. The Kier molecular flexibility index (Phi) is 5.22. The third-order valence-electron chi connectivity index (χ3n) is 8.61. The fraction of sp³-hybridized carbons (Fsp3) is 0.0769. The highest BCUT2D eigenvalue weighted by Gasteiger charge is 2.35. The van der Waals surface area contributed by atoms with Gasteiger partial charge in [-0.3, -0.25) is 0 Å². The van der Waals surface area contributed by atoms with Gasteiger partial charge in [0.2, 0.25) is 0 Å². The quantitative estimate of drug-likeness (QED) is 0.227. The molecule has 1 aliphatic rings. The second-order valence-corrected chi connectivity index (χ2v) is 11.0. The molecular weight excluding hydrogens is 468 g/mol. The Morgan fingerprint density at radius 3 is 1.74 bits per heavy atom. The summed E-state index contributed by atoms with van der Waals surface area (Å²) in [5, 5.41) is 4.94. The van der Waals surface area contributed by atoms with Crippen molar-refractivity contribution < 1.29 is 0 Å². The number of rotatable bonds is 4. The zero-order chi connectivity index (χ0) is 26.7. The van der Waals surface area contributed by atoms with E-state index in [0.29, 0.717) is 0 Å². The average Bonchev–Trinajstić information content (AvgIpc) is 3.21. The van der Waals surface area contributed by atoms with Crippen LogP contribution >= 0.6 is 0 Å². The topological polar surface area (TPSA) is 0 Å². The summed E-state index contributed by atoms with van der Waals surface area (Å²) in [6.07, 6.45) is 4.01. The van der Waals surface area contributed by atoms with E-state index in [4.69, 9.17) is 0 Å². The maximum atomic E-state index is 4.30. The minimum atomic E-state index is -0.0572. The highest BCUT2D eigenvalue weighted by molar-refractivity contribution is 6.12. The third-order valence-corrected chi connectivity index (χ3v) is 8.61. The summed E-state index contributed by atoms with van der Waals surface area (Å²) < 4.78 is 0. The molecule has 0 fully saturated rings. The normalized spacial score (nSPS) is 13.3. The van der Waals surface area contributed by atoms with Gasteiger partial charge in [-0.05, 0) is 89.3 Å². The summed E-state index contributed by atoms with van der Waals surface area (Å²) in [6, 6.07) is 39.9. The largest absolute Gasteiger partial charge is 0.0984 e. The van der Waals surface area contributed by atoms with Gasteiger partial charge in [-0.2, -0.15) is 0 Å². The van der Waals surface area contributed by atoms with Gasteiger partial charge in [0.05, 0.1) is 0 Å². The molecule has 7 rings (SSSR count). The van der Waals surface area contributed by atoms with Gasteiger partial charge in [-0.1, -0.05) is 136 Å². The van der Waals surface area contributed by atoms with Crippen molar-refractivity contribution in [2.45, 2.75) is 19.3 Å². The summed E-state index contributed by atoms with van der Waals surface area (Å²) in [5.74, 6) is 0. The average molecular weight is 499 g/mol. The fourth-order valence-corrected chi connectivity index (χ4v) is 6.73. The van der Waals surface area contributed by atoms with Crippen LogP contribution in [0.2, 0.25) is 0 Å². The van der Waals surface area contributed by atoms with Crippen LogP contribution in [0.3, 0.4) is 0 Å². The molecule has 0 saturated heterocycles. The molecule has 6 aromatic carbocycles. The molecule has 0 saturated carbocycles. The van der Waals surface area contributed by atoms with Crippen LogP contribution in [0.1, 0.15) is 36.1 Å². The Balaban J connectivity index is 1.53. The van der Waals surface area contributed by atoms with Gasteiger partial charge in [0.15, 0.2) is 0 Å². The van der Waals surface area contributed by atoms with Gasteiger partial charge < -0.3 is 0 Å². The highest BCUT2D eigenvalue weighted by atomic mass is 14.4. The van der Waals surface area contributed by atoms with E-state index in [2.05, 4.69) is 136 Å². The Labute approximate surface area is 230 Å². The summed E-state index contributed by atoms with van der Waals surface area (Å²) in [5.41, 5.74) is 12.5. The van der Waals surface area contributed by atoms with E-state index in [1.54, 1.807) is 0 Å². The molecule has 1 aliphatic carbocycles. The molecule has 0 unspecified atom stereocenters. The lowest BCUT2D eigenvalue weighted by atomic mass is 9.79. The van der Waals surface area contributed by atoms with E-state index in [1.165, 1.54) is 66.1 Å². The molecule has 0 N–H and O–H groups in total. The summed E-state index contributed by atoms with van der Waals surface area (Å²) in [7, 11) is 0. The standard InChI is InChI=1S/C39H30/c1-5-29-30(6-2)38(28-21-22-32-31-15-11-12-18-35(31)39(3,4)36(32)24-28)34-17-10-9-16-33(34)37(29)27-20-19-25-13-7-8-14-26(25)23-27/h5-24H,1-2H2,3-4H3. The molecule has 0 radical (unpaired) electrons. The molecule has 0 bridgehead atoms. The van der Waals surface area contributed by atoms with E-state index in [9.17, 15) is 0 Å². The molecule has 39 heavy (non-hydrogen) atoms. The summed E-state index contributed by atoms with van der Waals surface area (Å²) in [4.78, 5) is 0. The predicted octanol–water partition coefficient (Wildman–Crippen LogP) is 10.9. The zero-order valence-corrected chi connectivity index (χ0v) is 22.5. The van der Waals surface area contributed by atoms with Gasteiger partial charge in [-0.15, -0.1) is 0 Å². The first-order valence-corrected chi connectivity index (χ1v) is 13.6. The van der Waals surface area contributed by atoms with Gasteiger partial charge >= 0.3 is 0 Å². The Bertz CT molecular complexity index is 1970. The van der Waals surface area contributed by atoms with Crippen molar-refractivity contribution in [1.82, 2.24) is 0 Å². The SMILES string of the molecule is C=Cc1c(C=C)c(-c2ccc3ccccc3c2)c2ccccc2c1-c1ccc2c(c1)C(C)(C)c1ccccc1-2. The number of benzene rings is 6. The Morgan fingerprint density at radius 2 is 1.05 bits per heavy atom. The molecular formula is C39H30. The van der Waals surface area contributed by atoms with Crippen LogP contribution in [-0.2, 0) is 5.41 Å². The van der Waals surface area contributed by atoms with E-state index in [-0.39, 0.29) is 5.41 Å². The molecule has 0 atom stereocenters. The minimum absolute atomic E-state index is 0.0572. The molecule has 0 amide bonds. The van der Waals surface area contributed by atoms with Crippen molar-refractivity contribution in [1.29, 1.82) is 0 Å². The third kappa shape index (κ3) is 3.38. The monoisotopic (exact) mass is 498 g/mol. The summed E-state index contributed by atoms with van der Waals surface area (Å²) in [6.45, 7) is 13.3. The number of fused-ring (bicyclic) bond motifs is 5. The second kappa shape index (κ2) is 8.68. The van der Waals surface area contributed by atoms with Crippen molar-refractivity contribution in [2.75, 3.05) is 0 Å². The number of hydrogen-bond acceptors (Lipinski definition) is 0. The van der Waals surface area contributed by atoms with Crippen molar-refractivity contribution in [3.8, 4) is 33.4 Å². The zero-order valence-electron chi connectivity index (χ0n) is 22.5. The van der Waals surface area contributed by atoms with Gasteiger partial charge in [0, 0.05) is 5.41 Å². The molecule has 0 aromatic heterocycles. The molecule has 0 heteroatoms. The molecule has 0 heterocycles. The molecule has 186 valence electrons. The maximum Gasteiger partial charge on any atom is 0.0159 e. The minimum Gasteiger partial charge on any atom is -0.0984 e. The predicted molar refractivity (Wildman–Crippen MR) is 170 cm³/mol. The van der Waals surface area contributed by atoms with Gasteiger partial charge in [0.25, 0.3) is 0 Å². The van der Waals surface area contributed by atoms with Crippen molar-refractivity contribution >= 4 is 33.7 Å². The van der Waals surface area contributed by atoms with Crippen LogP contribution in [0.15, 0.2) is 122 Å². The van der Waals surface area contributed by atoms with Crippen LogP contribution in [-0.4, -0.2) is 0 Å². The highest BCUT2D eigenvalue weighted by Crippen LogP contribution is 2.51. The lowest BCUT2D eigenvalue weighted by molar-refractivity contribution is 0.660. The van der Waals surface area contributed by atoms with Crippen molar-refractivity contribution in [3.63, 3.8) is 0 Å². The summed E-state index contributed by atoms with van der Waals surface area (Å²) >= 11 is 0. The van der Waals surface area contributed by atoms with Crippen LogP contribution in [0.25, 0.3) is 67.1 Å². The van der Waals surface area contributed by atoms with Gasteiger partial charge in [-0.25, -0.2) is 0 Å². The van der Waals surface area contributed by atoms with Crippen LogP contribution in [0, 0.1) is 0 Å². The fourth-order valence-electron chi connectivity index (χ4n) is 6.73. The van der Waals surface area contributed by atoms with E-state index in [1.807, 2.05) is 12.2 Å². The van der Waals surface area contributed by atoms with Crippen molar-refractivity contribution in [2.24, 2.45) is 0 Å². The van der Waals surface area contributed by atoms with Crippen molar-refractivity contribution in [3.05, 3.63) is 145 Å². The van der Waals surface area contributed by atoms with Gasteiger partial charge in [0.1, 0.15) is 0 Å². The molecule has 0 aliphatic heterocycles. The molecule has 6 aromatic rings. The second-order valence-electron chi connectivity index (χ2n) is 11.0. The first kappa shape index (κ1) is 23.4. The molecule has 0 spiro atoms. The number of hydrogen-bond donors (Lipinski definition) is 0. The van der Waals surface area contributed by atoms with E-state index < -0.39 is 0 Å². The lowest BCUT2D eigenvalue weighted by Gasteiger charge is -2.24. The van der Waals surface area contributed by atoms with Crippen LogP contribution in [0.4, 0.5) is 0 Å². The first-order chi connectivity index (χ1) is 19.0. The smallest absolute Gasteiger partial charge is 0.0159 e. The van der Waals surface area contributed by atoms with E-state index in [0.717, 1.165) is 11.1 Å². The van der Waals surface area contributed by atoms with Crippen LogP contribution < -0.4 is 0 Å². The van der Waals surface area contributed by atoms with E-state index >= 15 is 0 Å². The van der Waals surface area contributed by atoms with Crippen LogP contribution in [0.5, 0.6) is 0 Å².